The van der Waals surface area contributed by atoms with Gasteiger partial charge in [-0.25, -0.2) is 0 Å². The van der Waals surface area contributed by atoms with Crippen LogP contribution >= 0.6 is 0 Å². The summed E-state index contributed by atoms with van der Waals surface area (Å²) in [4.78, 5) is -1.50. The highest BCUT2D eigenvalue weighted by Gasteiger charge is 2.25. The topological polar surface area (TPSA) is 251 Å². The molecule has 16 heteroatoms. The van der Waals surface area contributed by atoms with Crippen molar-refractivity contribution in [3.63, 3.8) is 0 Å². The van der Waals surface area contributed by atoms with Crippen molar-refractivity contribution in [3.8, 4) is 22.6 Å². The molecule has 8 N–H and O–H groups in total. The van der Waals surface area contributed by atoms with Crippen LogP contribution in [0.4, 0.5) is 34.1 Å². The predicted molar refractivity (Wildman–Crippen MR) is 189 cm³/mol. The summed E-state index contributed by atoms with van der Waals surface area (Å²) in [6.07, 6.45) is 0. The highest BCUT2D eigenvalue weighted by molar-refractivity contribution is 7.86. The molecule has 0 aliphatic carbocycles. The minimum atomic E-state index is -5.00. The van der Waals surface area contributed by atoms with E-state index in [-0.39, 0.29) is 27.9 Å². The van der Waals surface area contributed by atoms with E-state index in [1.807, 2.05) is 31.2 Å². The molecule has 0 amide bonds. The summed E-state index contributed by atoms with van der Waals surface area (Å²) in [5, 5.41) is 39.3. The van der Waals surface area contributed by atoms with Crippen molar-refractivity contribution in [2.24, 2.45) is 20.5 Å². The number of phenolic OH excluding ortho intramolecular Hbond substituents is 2. The second kappa shape index (κ2) is 12.5. The van der Waals surface area contributed by atoms with Gasteiger partial charge >= 0.3 is 0 Å². The van der Waals surface area contributed by atoms with Gasteiger partial charge in [0.1, 0.15) is 16.3 Å². The largest absolute Gasteiger partial charge is 0.505 e. The molecule has 0 bridgehead atoms. The molecule has 0 aliphatic heterocycles. The van der Waals surface area contributed by atoms with Crippen LogP contribution in [0.5, 0.6) is 11.5 Å². The number of rotatable bonds is 7. The van der Waals surface area contributed by atoms with Crippen LogP contribution in [0, 0.1) is 13.8 Å². The molecule has 0 unspecified atom stereocenters. The monoisotopic (exact) mass is 712 g/mol. The molecule has 0 saturated carbocycles. The molecule has 254 valence electrons. The van der Waals surface area contributed by atoms with E-state index in [1.54, 1.807) is 49.4 Å². The Morgan fingerprint density at radius 1 is 0.560 bits per heavy atom. The molecule has 0 aromatic heterocycles. The molecule has 0 radical (unpaired) electrons. The van der Waals surface area contributed by atoms with Crippen LogP contribution in [0.1, 0.15) is 11.1 Å². The van der Waals surface area contributed by atoms with Gasteiger partial charge in [-0.15, -0.1) is 10.2 Å². The van der Waals surface area contributed by atoms with Gasteiger partial charge in [0.05, 0.1) is 16.3 Å². The first-order valence-electron chi connectivity index (χ1n) is 14.6. The number of hydrogen-bond acceptors (Lipinski definition) is 12. The third-order valence-corrected chi connectivity index (χ3v) is 9.71. The van der Waals surface area contributed by atoms with E-state index in [0.29, 0.717) is 28.0 Å². The Labute approximate surface area is 285 Å². The van der Waals surface area contributed by atoms with Crippen LogP contribution in [0.2, 0.25) is 0 Å². The highest BCUT2D eigenvalue weighted by atomic mass is 32.2. The SMILES string of the molecule is Cc1cc(-c2ccc(/N=N/c3c(S(=O)(=O)O)cc4cc(S(=O)(=O)O)cc(N)c4c3O)c(C)c2)ccc1/N=N/c1ccc2cccc(N)c2c1O. The van der Waals surface area contributed by atoms with E-state index in [9.17, 15) is 36.2 Å². The fourth-order valence-electron chi connectivity index (χ4n) is 5.50. The molecule has 0 spiro atoms. The van der Waals surface area contributed by atoms with Crippen molar-refractivity contribution in [3.05, 3.63) is 96.1 Å². The summed E-state index contributed by atoms with van der Waals surface area (Å²) >= 11 is 0. The lowest BCUT2D eigenvalue weighted by Gasteiger charge is -2.12. The Bertz CT molecular complexity index is 2680. The van der Waals surface area contributed by atoms with E-state index >= 15 is 0 Å². The number of nitrogens with zero attached hydrogens (tertiary/aromatic N) is 4. The molecular formula is C34H28N6O8S2. The summed E-state index contributed by atoms with van der Waals surface area (Å²) in [6.45, 7) is 3.61. The number of nitrogen functional groups attached to an aromatic ring is 2. The van der Waals surface area contributed by atoms with E-state index < -0.39 is 41.5 Å². The average Bonchev–Trinajstić information content (AvgIpc) is 3.03. The van der Waals surface area contributed by atoms with Crippen LogP contribution in [-0.2, 0) is 20.2 Å². The third-order valence-electron chi connectivity index (χ3n) is 8.01. The van der Waals surface area contributed by atoms with Gasteiger partial charge in [0.25, 0.3) is 20.2 Å². The second-order valence-electron chi connectivity index (χ2n) is 11.4. The lowest BCUT2D eigenvalue weighted by Crippen LogP contribution is -2.02. The zero-order valence-electron chi connectivity index (χ0n) is 26.3. The van der Waals surface area contributed by atoms with Crippen LogP contribution in [0.25, 0.3) is 32.7 Å². The molecule has 0 aliphatic rings. The molecule has 0 heterocycles. The predicted octanol–water partition coefficient (Wildman–Crippen LogP) is 8.18. The van der Waals surface area contributed by atoms with E-state index in [2.05, 4.69) is 20.5 Å². The molecule has 6 aromatic rings. The van der Waals surface area contributed by atoms with Crippen molar-refractivity contribution in [2.75, 3.05) is 11.5 Å². The minimum absolute atomic E-state index is 0.0604. The van der Waals surface area contributed by atoms with Gasteiger partial charge in [-0.3, -0.25) is 9.11 Å². The maximum absolute atomic E-state index is 12.3. The molecule has 0 atom stereocenters. The maximum Gasteiger partial charge on any atom is 0.296 e. The van der Waals surface area contributed by atoms with Crippen molar-refractivity contribution >= 4 is 75.9 Å². The van der Waals surface area contributed by atoms with Crippen molar-refractivity contribution in [1.82, 2.24) is 0 Å². The molecule has 50 heavy (non-hydrogen) atoms. The van der Waals surface area contributed by atoms with Crippen molar-refractivity contribution < 1.29 is 36.2 Å². The zero-order valence-corrected chi connectivity index (χ0v) is 27.9. The van der Waals surface area contributed by atoms with Crippen LogP contribution in [-0.4, -0.2) is 36.2 Å². The van der Waals surface area contributed by atoms with Gasteiger partial charge in [-0.2, -0.15) is 27.1 Å². The van der Waals surface area contributed by atoms with E-state index in [4.69, 9.17) is 11.5 Å². The number of fused-ring (bicyclic) bond motifs is 2. The smallest absolute Gasteiger partial charge is 0.296 e. The summed E-state index contributed by atoms with van der Waals surface area (Å²) in [5.74, 6) is -0.838. The zero-order chi connectivity index (χ0) is 36.1. The number of aryl methyl sites for hydroxylation is 2. The Hall–Kier alpha value is -5.94. The lowest BCUT2D eigenvalue weighted by atomic mass is 10.0. The molecular weight excluding hydrogens is 685 g/mol. The third kappa shape index (κ3) is 6.42. The normalized spacial score (nSPS) is 12.5. The summed E-state index contributed by atoms with van der Waals surface area (Å²) < 4.78 is 67.1. The second-order valence-corrected chi connectivity index (χ2v) is 14.2. The van der Waals surface area contributed by atoms with E-state index in [1.165, 1.54) is 0 Å². The highest BCUT2D eigenvalue weighted by Crippen LogP contribution is 2.45. The molecule has 0 saturated heterocycles. The van der Waals surface area contributed by atoms with Crippen LogP contribution in [0.3, 0.4) is 0 Å². The number of azo groups is 2. The summed E-state index contributed by atoms with van der Waals surface area (Å²) in [6, 6.07) is 22.2. The first kappa shape index (κ1) is 33.9. The average molecular weight is 713 g/mol. The number of aromatic hydroxyl groups is 2. The molecule has 6 rings (SSSR count). The Balaban J connectivity index is 1.30. The number of anilines is 2. The van der Waals surface area contributed by atoms with Gasteiger partial charge in [0, 0.05) is 22.1 Å². The minimum Gasteiger partial charge on any atom is -0.505 e. The first-order valence-corrected chi connectivity index (χ1v) is 17.5. The lowest BCUT2D eigenvalue weighted by molar-refractivity contribution is 0.472. The quantitative estimate of drug-likeness (QED) is 0.0526. The van der Waals surface area contributed by atoms with E-state index in [0.717, 1.165) is 40.3 Å². The maximum atomic E-state index is 12.3. The van der Waals surface area contributed by atoms with Crippen LogP contribution < -0.4 is 11.5 Å². The number of nitrogens with two attached hydrogens (primary N) is 2. The Morgan fingerprint density at radius 2 is 1.12 bits per heavy atom. The summed E-state index contributed by atoms with van der Waals surface area (Å²) in [5.41, 5.74) is 15.7. The van der Waals surface area contributed by atoms with Gasteiger partial charge in [0.2, 0.25) is 0 Å². The molecule has 0 fully saturated rings. The number of benzene rings is 6. The Morgan fingerprint density at radius 3 is 1.70 bits per heavy atom. The molecule has 6 aromatic carbocycles. The first-order chi connectivity index (χ1) is 23.5. The van der Waals surface area contributed by atoms with Gasteiger partial charge in [-0.1, -0.05) is 30.3 Å². The summed E-state index contributed by atoms with van der Waals surface area (Å²) in [7, 11) is -9.73. The van der Waals surface area contributed by atoms with Crippen LogP contribution in [0.15, 0.2) is 115 Å². The fourth-order valence-corrected chi connectivity index (χ4v) is 6.71. The van der Waals surface area contributed by atoms with Crippen molar-refractivity contribution in [2.45, 2.75) is 23.6 Å². The fraction of sp³-hybridized carbons (Fsp3) is 0.0588. The van der Waals surface area contributed by atoms with Gasteiger partial charge in [0.15, 0.2) is 11.5 Å². The van der Waals surface area contributed by atoms with Gasteiger partial charge in [-0.05, 0) is 101 Å². The molecule has 14 nitrogen and oxygen atoms in total. The number of hydrogen-bond donors (Lipinski definition) is 6. The van der Waals surface area contributed by atoms with Gasteiger partial charge < -0.3 is 21.7 Å². The number of phenols is 2. The van der Waals surface area contributed by atoms with Crippen molar-refractivity contribution in [1.29, 1.82) is 0 Å². The Kier molecular flexibility index (Phi) is 8.49. The standard InChI is InChI=1S/C34H28N6O8S2/c1-17-12-20(7-9-26(17)37-39-28-11-6-19-4-3-5-24(35)30(19)33(28)41)21-8-10-27(18(2)13-21)38-40-32-29(50(46,47)48)15-22-14-23(49(43,44)45)16-25(36)31(22)34(32)42/h3-16,41-42H,35-36H2,1-2H3,(H,43,44,45)(H,46,47,48)/b39-37+,40-38+.